The van der Waals surface area contributed by atoms with Crippen molar-refractivity contribution in [3.63, 3.8) is 0 Å². The number of likely N-dealkylation sites (N-methyl/N-ethyl adjacent to an activating group) is 1. The highest BCUT2D eigenvalue weighted by atomic mass is 19.4. The standard InChI is InChI=1S/C29H24F4N4O4/c1-36-24-13-19(9-11-28(30)16-37(17-28)18-29(31,32)33)7-8-25(24)40-15-23(27(36)39)35-26(38)22-14-21(10-12-34-22)41-20-5-3-2-4-6-20/h2-8,10,12-14,23H,15-18H2,1H3,(H,35,38)/t23-/m0/s1. The molecule has 8 nitrogen and oxygen atoms in total. The van der Waals surface area contributed by atoms with Crippen LogP contribution in [-0.2, 0) is 4.79 Å². The van der Waals surface area contributed by atoms with Crippen molar-refractivity contribution in [1.29, 1.82) is 0 Å². The van der Waals surface area contributed by atoms with Gasteiger partial charge in [-0.3, -0.25) is 19.5 Å². The SMILES string of the molecule is CN1C(=O)[C@@H](NC(=O)c2cc(Oc3ccccc3)ccn2)COc2ccc(C#CC3(F)CN(CC(F)(F)F)C3)cc21. The number of carbonyl (C=O) groups is 2. The summed E-state index contributed by atoms with van der Waals surface area (Å²) >= 11 is 0. The number of para-hydroxylation sites is 1. The number of nitrogens with one attached hydrogen (secondary N) is 1. The molecule has 1 atom stereocenters. The summed E-state index contributed by atoms with van der Waals surface area (Å²) in [7, 11) is 1.50. The molecule has 5 rings (SSSR count). The number of ether oxygens (including phenoxy) is 2. The fourth-order valence-electron chi connectivity index (χ4n) is 4.43. The molecule has 12 heteroatoms. The molecule has 1 saturated heterocycles. The van der Waals surface area contributed by atoms with Gasteiger partial charge in [0.05, 0.1) is 12.2 Å². The Hall–Kier alpha value is -4.63. The second-order valence-corrected chi connectivity index (χ2v) is 9.68. The molecule has 1 aromatic heterocycles. The normalized spacial score (nSPS) is 18.1. The Bertz CT molecular complexity index is 1510. The molecule has 2 aliphatic heterocycles. The summed E-state index contributed by atoms with van der Waals surface area (Å²) in [6.45, 7) is -2.23. The molecule has 1 fully saturated rings. The number of amides is 2. The van der Waals surface area contributed by atoms with E-state index in [0.717, 1.165) is 4.90 Å². The van der Waals surface area contributed by atoms with Crippen molar-refractivity contribution in [3.05, 3.63) is 78.1 Å². The highest BCUT2D eigenvalue weighted by Crippen LogP contribution is 2.32. The van der Waals surface area contributed by atoms with Crippen LogP contribution >= 0.6 is 0 Å². The molecular formula is C29H24F4N4O4. The number of benzene rings is 2. The average molecular weight is 569 g/mol. The molecule has 3 aromatic rings. The van der Waals surface area contributed by atoms with E-state index in [2.05, 4.69) is 22.1 Å². The van der Waals surface area contributed by atoms with Crippen LogP contribution in [0.1, 0.15) is 16.1 Å². The summed E-state index contributed by atoms with van der Waals surface area (Å²) in [5.74, 6) is 5.29. The van der Waals surface area contributed by atoms with Gasteiger partial charge in [-0.2, -0.15) is 13.2 Å². The van der Waals surface area contributed by atoms with Gasteiger partial charge in [-0.15, -0.1) is 0 Å². The molecule has 2 amide bonds. The van der Waals surface area contributed by atoms with Crippen molar-refractivity contribution < 1.29 is 36.6 Å². The quantitative estimate of drug-likeness (QED) is 0.371. The van der Waals surface area contributed by atoms with Gasteiger partial charge in [0, 0.05) is 38.0 Å². The van der Waals surface area contributed by atoms with Gasteiger partial charge in [-0.05, 0) is 36.4 Å². The molecule has 212 valence electrons. The minimum absolute atomic E-state index is 0.0400. The Morgan fingerprint density at radius 3 is 2.63 bits per heavy atom. The topological polar surface area (TPSA) is 84.0 Å². The molecule has 2 aromatic carbocycles. The van der Waals surface area contributed by atoms with Crippen LogP contribution in [0.2, 0.25) is 0 Å². The predicted octanol–water partition coefficient (Wildman–Crippen LogP) is 3.97. The van der Waals surface area contributed by atoms with Crippen molar-refractivity contribution in [1.82, 2.24) is 15.2 Å². The number of pyridine rings is 1. The van der Waals surface area contributed by atoms with Crippen molar-refractivity contribution in [3.8, 4) is 29.1 Å². The van der Waals surface area contributed by atoms with E-state index < -0.39 is 49.3 Å². The maximum absolute atomic E-state index is 14.7. The van der Waals surface area contributed by atoms with E-state index in [-0.39, 0.29) is 12.3 Å². The van der Waals surface area contributed by atoms with Gasteiger partial charge in [0.2, 0.25) is 0 Å². The van der Waals surface area contributed by atoms with E-state index in [1.807, 2.05) is 18.2 Å². The van der Waals surface area contributed by atoms with Gasteiger partial charge in [0.25, 0.3) is 11.8 Å². The Morgan fingerprint density at radius 1 is 1.15 bits per heavy atom. The number of likely N-dealkylation sites (tertiary alicyclic amines) is 1. The second kappa shape index (κ2) is 11.1. The highest BCUT2D eigenvalue weighted by Gasteiger charge is 2.46. The maximum atomic E-state index is 14.7. The smallest absolute Gasteiger partial charge is 0.401 e. The van der Waals surface area contributed by atoms with E-state index >= 15 is 0 Å². The van der Waals surface area contributed by atoms with Crippen LogP contribution in [0.3, 0.4) is 0 Å². The molecule has 2 aliphatic rings. The van der Waals surface area contributed by atoms with Crippen molar-refractivity contribution in [2.75, 3.05) is 38.2 Å². The Kier molecular flexibility index (Phi) is 7.55. The first-order chi connectivity index (χ1) is 19.5. The summed E-state index contributed by atoms with van der Waals surface area (Å²) in [5, 5.41) is 2.64. The summed E-state index contributed by atoms with van der Waals surface area (Å²) in [5.41, 5.74) is -1.32. The number of hydrogen-bond acceptors (Lipinski definition) is 6. The van der Waals surface area contributed by atoms with Crippen LogP contribution in [-0.4, -0.2) is 72.9 Å². The van der Waals surface area contributed by atoms with Crippen molar-refractivity contribution in [2.45, 2.75) is 17.9 Å². The highest BCUT2D eigenvalue weighted by molar-refractivity contribution is 6.03. The Labute approximate surface area is 232 Å². The summed E-state index contributed by atoms with van der Waals surface area (Å²) in [6, 6.07) is 15.6. The van der Waals surface area contributed by atoms with Crippen molar-refractivity contribution in [2.24, 2.45) is 0 Å². The monoisotopic (exact) mass is 568 g/mol. The molecule has 0 saturated carbocycles. The average Bonchev–Trinajstić information content (AvgIpc) is 3.03. The van der Waals surface area contributed by atoms with Crippen LogP contribution in [0.5, 0.6) is 17.2 Å². The van der Waals surface area contributed by atoms with Crippen LogP contribution < -0.4 is 19.7 Å². The van der Waals surface area contributed by atoms with Gasteiger partial charge in [0.1, 0.15) is 35.6 Å². The zero-order valence-corrected chi connectivity index (χ0v) is 21.7. The fourth-order valence-corrected chi connectivity index (χ4v) is 4.43. The van der Waals surface area contributed by atoms with E-state index in [0.29, 0.717) is 28.5 Å². The van der Waals surface area contributed by atoms with Gasteiger partial charge in [-0.1, -0.05) is 30.0 Å². The minimum Gasteiger partial charge on any atom is -0.489 e. The first kappa shape index (κ1) is 27.9. The molecule has 41 heavy (non-hydrogen) atoms. The third-order valence-electron chi connectivity index (χ3n) is 6.38. The lowest BCUT2D eigenvalue weighted by molar-refractivity contribution is -0.165. The lowest BCUT2D eigenvalue weighted by Crippen LogP contribution is -2.60. The summed E-state index contributed by atoms with van der Waals surface area (Å²) in [6.07, 6.45) is -2.99. The van der Waals surface area contributed by atoms with Crippen LogP contribution in [0, 0.1) is 11.8 Å². The lowest BCUT2D eigenvalue weighted by atomic mass is 9.96. The van der Waals surface area contributed by atoms with Gasteiger partial charge >= 0.3 is 6.18 Å². The fraction of sp³-hybridized carbons (Fsp3) is 0.276. The largest absolute Gasteiger partial charge is 0.489 e. The third kappa shape index (κ3) is 6.75. The first-order valence-corrected chi connectivity index (χ1v) is 12.5. The zero-order valence-electron chi connectivity index (χ0n) is 21.7. The number of fused-ring (bicyclic) bond motifs is 1. The van der Waals surface area contributed by atoms with Crippen LogP contribution in [0.15, 0.2) is 66.9 Å². The predicted molar refractivity (Wildman–Crippen MR) is 141 cm³/mol. The van der Waals surface area contributed by atoms with E-state index in [1.165, 1.54) is 30.3 Å². The summed E-state index contributed by atoms with van der Waals surface area (Å²) < 4.78 is 63.7. The molecule has 0 spiro atoms. The number of hydrogen-bond donors (Lipinski definition) is 1. The number of nitrogens with zero attached hydrogens (tertiary/aromatic N) is 3. The second-order valence-electron chi connectivity index (χ2n) is 9.68. The van der Waals surface area contributed by atoms with E-state index in [9.17, 15) is 27.2 Å². The molecule has 3 heterocycles. The van der Waals surface area contributed by atoms with Gasteiger partial charge in [0.15, 0.2) is 5.67 Å². The number of aromatic nitrogens is 1. The van der Waals surface area contributed by atoms with Crippen LogP contribution in [0.4, 0.5) is 23.2 Å². The first-order valence-electron chi connectivity index (χ1n) is 12.5. The lowest BCUT2D eigenvalue weighted by Gasteiger charge is -2.41. The molecule has 0 radical (unpaired) electrons. The molecule has 0 bridgehead atoms. The molecule has 0 unspecified atom stereocenters. The van der Waals surface area contributed by atoms with Gasteiger partial charge in [-0.25, -0.2) is 4.39 Å². The van der Waals surface area contributed by atoms with E-state index in [4.69, 9.17) is 9.47 Å². The zero-order chi connectivity index (χ0) is 29.2. The maximum Gasteiger partial charge on any atom is 0.401 e. The Morgan fingerprint density at radius 2 is 1.90 bits per heavy atom. The number of anilines is 1. The third-order valence-corrected chi connectivity index (χ3v) is 6.38. The van der Waals surface area contributed by atoms with E-state index in [1.54, 1.807) is 30.3 Å². The Balaban J connectivity index is 1.24. The number of rotatable bonds is 5. The van der Waals surface area contributed by atoms with Crippen molar-refractivity contribution >= 4 is 17.5 Å². The molecular weight excluding hydrogens is 544 g/mol. The van der Waals surface area contributed by atoms with Gasteiger partial charge < -0.3 is 19.7 Å². The number of carbonyl (C=O) groups excluding carboxylic acids is 2. The molecule has 1 N–H and O–H groups in total. The number of alkyl halides is 4. The minimum atomic E-state index is -4.41. The summed E-state index contributed by atoms with van der Waals surface area (Å²) in [4.78, 5) is 32.5. The number of halogens is 4. The molecule has 0 aliphatic carbocycles. The van der Waals surface area contributed by atoms with Crippen LogP contribution in [0.25, 0.3) is 0 Å².